The molecule has 1 aromatic carbocycles. The molecule has 0 bridgehead atoms. The zero-order valence-corrected chi connectivity index (χ0v) is 18.4. The van der Waals surface area contributed by atoms with E-state index in [0.717, 1.165) is 35.7 Å². The van der Waals surface area contributed by atoms with Gasteiger partial charge in [0.1, 0.15) is 5.82 Å². The van der Waals surface area contributed by atoms with Gasteiger partial charge in [0, 0.05) is 31.0 Å². The summed E-state index contributed by atoms with van der Waals surface area (Å²) < 4.78 is 1.72. The number of benzene rings is 1. The van der Waals surface area contributed by atoms with Crippen LogP contribution in [0.25, 0.3) is 5.82 Å². The molecule has 1 atom stereocenters. The molecule has 1 saturated heterocycles. The zero-order valence-electron chi connectivity index (χ0n) is 18.4. The van der Waals surface area contributed by atoms with Gasteiger partial charge in [-0.05, 0) is 68.9 Å². The van der Waals surface area contributed by atoms with E-state index in [9.17, 15) is 4.79 Å². The molecule has 1 fully saturated rings. The average molecular weight is 417 g/mol. The third-order valence-corrected chi connectivity index (χ3v) is 6.57. The van der Waals surface area contributed by atoms with Crippen LogP contribution in [0.2, 0.25) is 0 Å². The van der Waals surface area contributed by atoms with Crippen LogP contribution in [-0.2, 0) is 4.79 Å². The van der Waals surface area contributed by atoms with E-state index < -0.39 is 0 Å². The van der Waals surface area contributed by atoms with Crippen molar-refractivity contribution in [3.63, 3.8) is 0 Å². The Morgan fingerprint density at radius 3 is 2.39 bits per heavy atom. The minimum Gasteiger partial charge on any atom is -0.355 e. The molecule has 0 spiro atoms. The lowest BCUT2D eigenvalue weighted by Crippen LogP contribution is -2.30. The molecule has 0 radical (unpaired) electrons. The summed E-state index contributed by atoms with van der Waals surface area (Å²) in [5.74, 6) is 2.20. The van der Waals surface area contributed by atoms with Crippen LogP contribution in [0.1, 0.15) is 59.5 Å². The van der Waals surface area contributed by atoms with Gasteiger partial charge in [-0.1, -0.05) is 18.2 Å². The predicted octanol–water partition coefficient (Wildman–Crippen LogP) is 4.05. The Morgan fingerprint density at radius 2 is 1.68 bits per heavy atom. The molecule has 1 unspecified atom stereocenters. The SMILES string of the molecule is Cc1ccc(C2CC(=O)Nc3c2c(C)nn3-c2ccc(N3CCCCC3)nn2)cc1C. The molecular formula is C24H28N6O. The fourth-order valence-corrected chi connectivity index (χ4v) is 4.70. The van der Waals surface area contributed by atoms with E-state index in [-0.39, 0.29) is 11.8 Å². The smallest absolute Gasteiger partial charge is 0.226 e. The van der Waals surface area contributed by atoms with Crippen LogP contribution in [0, 0.1) is 20.8 Å². The maximum Gasteiger partial charge on any atom is 0.226 e. The van der Waals surface area contributed by atoms with Gasteiger partial charge in [-0.2, -0.15) is 9.78 Å². The molecule has 1 amide bonds. The molecule has 7 nitrogen and oxygen atoms in total. The highest BCUT2D eigenvalue weighted by atomic mass is 16.1. The van der Waals surface area contributed by atoms with Crippen molar-refractivity contribution in [3.05, 3.63) is 58.3 Å². The summed E-state index contributed by atoms with van der Waals surface area (Å²) in [5, 5.41) is 16.7. The summed E-state index contributed by atoms with van der Waals surface area (Å²) in [7, 11) is 0. The van der Waals surface area contributed by atoms with Crippen molar-refractivity contribution >= 4 is 17.5 Å². The van der Waals surface area contributed by atoms with E-state index in [1.807, 2.05) is 19.1 Å². The van der Waals surface area contributed by atoms with Crippen molar-refractivity contribution in [1.29, 1.82) is 0 Å². The number of aryl methyl sites for hydroxylation is 3. The molecule has 2 aliphatic heterocycles. The molecule has 1 N–H and O–H groups in total. The highest BCUT2D eigenvalue weighted by Crippen LogP contribution is 2.40. The number of carbonyl (C=O) groups excluding carboxylic acids is 1. The van der Waals surface area contributed by atoms with Crippen molar-refractivity contribution in [2.45, 2.75) is 52.4 Å². The standard InChI is InChI=1S/C24H28N6O/c1-15-7-8-18(13-16(15)2)19-14-22(31)25-24-23(19)17(3)28-30(24)21-10-9-20(26-27-21)29-11-5-4-6-12-29/h7-10,13,19H,4-6,11-12,14H2,1-3H3,(H,25,31). The highest BCUT2D eigenvalue weighted by Gasteiger charge is 2.33. The lowest BCUT2D eigenvalue weighted by molar-refractivity contribution is -0.116. The van der Waals surface area contributed by atoms with E-state index in [1.54, 1.807) is 4.68 Å². The van der Waals surface area contributed by atoms with Gasteiger partial charge in [0.15, 0.2) is 11.6 Å². The monoisotopic (exact) mass is 416 g/mol. The van der Waals surface area contributed by atoms with Gasteiger partial charge in [-0.15, -0.1) is 10.2 Å². The van der Waals surface area contributed by atoms with Crippen LogP contribution in [0.15, 0.2) is 30.3 Å². The molecule has 3 aromatic rings. The number of rotatable bonds is 3. The number of piperidine rings is 1. The van der Waals surface area contributed by atoms with Gasteiger partial charge in [0.2, 0.25) is 5.91 Å². The van der Waals surface area contributed by atoms with E-state index >= 15 is 0 Å². The fourth-order valence-electron chi connectivity index (χ4n) is 4.70. The van der Waals surface area contributed by atoms with Crippen molar-refractivity contribution < 1.29 is 4.79 Å². The largest absolute Gasteiger partial charge is 0.355 e. The molecule has 7 heteroatoms. The zero-order chi connectivity index (χ0) is 21.5. The van der Waals surface area contributed by atoms with E-state index in [0.29, 0.717) is 18.1 Å². The van der Waals surface area contributed by atoms with Gasteiger partial charge in [0.05, 0.1) is 5.69 Å². The third-order valence-electron chi connectivity index (χ3n) is 6.57. The topological polar surface area (TPSA) is 75.9 Å². The minimum absolute atomic E-state index is 0.00484. The number of nitrogens with one attached hydrogen (secondary N) is 1. The minimum atomic E-state index is -0.0163. The predicted molar refractivity (Wildman–Crippen MR) is 121 cm³/mol. The van der Waals surface area contributed by atoms with Crippen LogP contribution in [0.3, 0.4) is 0 Å². The number of carbonyl (C=O) groups is 1. The number of anilines is 2. The maximum absolute atomic E-state index is 12.6. The number of hydrogen-bond donors (Lipinski definition) is 1. The van der Waals surface area contributed by atoms with Crippen LogP contribution in [0.5, 0.6) is 0 Å². The van der Waals surface area contributed by atoms with E-state index in [2.05, 4.69) is 52.5 Å². The Labute approximate surface area is 182 Å². The first-order valence-electron chi connectivity index (χ1n) is 11.1. The summed E-state index contributed by atoms with van der Waals surface area (Å²) in [6, 6.07) is 10.4. The van der Waals surface area contributed by atoms with E-state index in [4.69, 9.17) is 5.10 Å². The molecular weight excluding hydrogens is 388 g/mol. The third kappa shape index (κ3) is 3.58. The van der Waals surface area contributed by atoms with Gasteiger partial charge in [-0.25, -0.2) is 0 Å². The summed E-state index contributed by atoms with van der Waals surface area (Å²) in [4.78, 5) is 14.9. The van der Waals surface area contributed by atoms with Crippen LogP contribution in [-0.4, -0.2) is 39.0 Å². The van der Waals surface area contributed by atoms with Crippen LogP contribution >= 0.6 is 0 Å². The number of fused-ring (bicyclic) bond motifs is 1. The first kappa shape index (κ1) is 19.7. The summed E-state index contributed by atoms with van der Waals surface area (Å²) in [6.45, 7) is 8.26. The van der Waals surface area contributed by atoms with Crippen molar-refractivity contribution in [2.75, 3.05) is 23.3 Å². The molecule has 2 aliphatic rings. The molecule has 2 aromatic heterocycles. The second-order valence-corrected chi connectivity index (χ2v) is 8.71. The van der Waals surface area contributed by atoms with Gasteiger partial charge < -0.3 is 10.2 Å². The molecule has 5 rings (SSSR count). The average Bonchev–Trinajstić information content (AvgIpc) is 3.12. The summed E-state index contributed by atoms with van der Waals surface area (Å²) in [5.41, 5.74) is 5.59. The van der Waals surface area contributed by atoms with Gasteiger partial charge >= 0.3 is 0 Å². The van der Waals surface area contributed by atoms with Crippen LogP contribution in [0.4, 0.5) is 11.6 Å². The molecule has 4 heterocycles. The Bertz CT molecular complexity index is 1130. The van der Waals surface area contributed by atoms with Gasteiger partial charge in [-0.3, -0.25) is 4.79 Å². The number of aromatic nitrogens is 4. The first-order valence-corrected chi connectivity index (χ1v) is 11.1. The molecule has 0 saturated carbocycles. The van der Waals surface area contributed by atoms with Crippen LogP contribution < -0.4 is 10.2 Å². The van der Waals surface area contributed by atoms with Gasteiger partial charge in [0.25, 0.3) is 0 Å². The quantitative estimate of drug-likeness (QED) is 0.697. The summed E-state index contributed by atoms with van der Waals surface area (Å²) in [6.07, 6.45) is 4.09. The Kier molecular flexibility index (Phi) is 4.96. The Balaban J connectivity index is 1.52. The Morgan fingerprint density at radius 1 is 0.935 bits per heavy atom. The molecule has 31 heavy (non-hydrogen) atoms. The second-order valence-electron chi connectivity index (χ2n) is 8.71. The Hall–Kier alpha value is -3.22. The van der Waals surface area contributed by atoms with E-state index in [1.165, 1.54) is 30.4 Å². The normalized spacial score (nSPS) is 18.6. The first-order chi connectivity index (χ1) is 15.0. The second kappa shape index (κ2) is 7.80. The number of hydrogen-bond acceptors (Lipinski definition) is 5. The molecule has 0 aliphatic carbocycles. The fraction of sp³-hybridized carbons (Fsp3) is 0.417. The van der Waals surface area contributed by atoms with Crippen molar-refractivity contribution in [3.8, 4) is 5.82 Å². The molecule has 160 valence electrons. The van der Waals surface area contributed by atoms with Crippen molar-refractivity contribution in [1.82, 2.24) is 20.0 Å². The number of amides is 1. The number of nitrogens with zero attached hydrogens (tertiary/aromatic N) is 5. The lowest BCUT2D eigenvalue weighted by Gasteiger charge is -2.27. The van der Waals surface area contributed by atoms with Crippen molar-refractivity contribution in [2.24, 2.45) is 0 Å². The highest BCUT2D eigenvalue weighted by molar-refractivity contribution is 5.95. The lowest BCUT2D eigenvalue weighted by atomic mass is 9.84. The summed E-state index contributed by atoms with van der Waals surface area (Å²) >= 11 is 0. The maximum atomic E-state index is 12.6.